The number of rotatable bonds is 1. The molecule has 2 aliphatic heterocycles. The molecule has 0 aromatic rings. The van der Waals surface area contributed by atoms with E-state index in [1.165, 1.54) is 4.90 Å². The number of piperidine rings is 1. The standard InChI is InChI=1S/C10H16F2N2O.ClH/c11-10(12)3-1-5-14(7-10)9(15)8-2-4-13-6-8;/h8,13H,1-7H2;1H/t8-;/m0./s1. The van der Waals surface area contributed by atoms with Gasteiger partial charge in [-0.25, -0.2) is 8.78 Å². The van der Waals surface area contributed by atoms with Crippen molar-refractivity contribution < 1.29 is 13.6 Å². The smallest absolute Gasteiger partial charge is 0.265 e. The van der Waals surface area contributed by atoms with E-state index in [-0.39, 0.29) is 37.2 Å². The van der Waals surface area contributed by atoms with Crippen LogP contribution in [-0.2, 0) is 4.79 Å². The summed E-state index contributed by atoms with van der Waals surface area (Å²) in [6.45, 7) is 1.56. The van der Waals surface area contributed by atoms with Gasteiger partial charge in [0.2, 0.25) is 5.91 Å². The van der Waals surface area contributed by atoms with Crippen LogP contribution in [-0.4, -0.2) is 42.9 Å². The van der Waals surface area contributed by atoms with Crippen molar-refractivity contribution in [2.24, 2.45) is 5.92 Å². The summed E-state index contributed by atoms with van der Waals surface area (Å²) in [6.07, 6.45) is 1.11. The van der Waals surface area contributed by atoms with Crippen molar-refractivity contribution in [3.8, 4) is 0 Å². The molecule has 94 valence electrons. The maximum atomic E-state index is 13.1. The van der Waals surface area contributed by atoms with Crippen molar-refractivity contribution in [2.75, 3.05) is 26.2 Å². The summed E-state index contributed by atoms with van der Waals surface area (Å²) < 4.78 is 26.2. The minimum atomic E-state index is -2.68. The molecule has 1 N–H and O–H groups in total. The lowest BCUT2D eigenvalue weighted by molar-refractivity contribution is -0.145. The summed E-state index contributed by atoms with van der Waals surface area (Å²) in [5, 5.41) is 3.08. The predicted octanol–water partition coefficient (Wildman–Crippen LogP) is 1.28. The van der Waals surface area contributed by atoms with Gasteiger partial charge >= 0.3 is 0 Å². The number of nitrogens with zero attached hydrogens (tertiary/aromatic N) is 1. The van der Waals surface area contributed by atoms with Gasteiger partial charge < -0.3 is 10.2 Å². The van der Waals surface area contributed by atoms with E-state index in [2.05, 4.69) is 5.32 Å². The van der Waals surface area contributed by atoms with Crippen molar-refractivity contribution in [1.82, 2.24) is 10.2 Å². The molecular formula is C10H17ClF2N2O. The van der Waals surface area contributed by atoms with E-state index in [1.807, 2.05) is 0 Å². The summed E-state index contributed by atoms with van der Waals surface area (Å²) in [4.78, 5) is 13.2. The minimum Gasteiger partial charge on any atom is -0.336 e. The van der Waals surface area contributed by atoms with E-state index < -0.39 is 5.92 Å². The second kappa shape index (κ2) is 5.27. The highest BCUT2D eigenvalue weighted by atomic mass is 35.5. The number of carbonyl (C=O) groups is 1. The zero-order chi connectivity index (χ0) is 10.9. The van der Waals surface area contributed by atoms with Crippen LogP contribution in [0.5, 0.6) is 0 Å². The van der Waals surface area contributed by atoms with Crippen LogP contribution >= 0.6 is 12.4 Å². The molecule has 0 spiro atoms. The maximum Gasteiger partial charge on any atom is 0.265 e. The van der Waals surface area contributed by atoms with E-state index in [4.69, 9.17) is 0 Å². The Morgan fingerprint density at radius 3 is 2.75 bits per heavy atom. The van der Waals surface area contributed by atoms with Gasteiger partial charge in [-0.2, -0.15) is 0 Å². The van der Waals surface area contributed by atoms with Gasteiger partial charge in [-0.15, -0.1) is 12.4 Å². The molecule has 16 heavy (non-hydrogen) atoms. The summed E-state index contributed by atoms with van der Waals surface area (Å²) in [7, 11) is 0. The van der Waals surface area contributed by atoms with Crippen molar-refractivity contribution in [2.45, 2.75) is 25.2 Å². The Bertz CT molecular complexity index is 257. The minimum absolute atomic E-state index is 0. The molecule has 2 aliphatic rings. The van der Waals surface area contributed by atoms with Crippen LogP contribution in [0.2, 0.25) is 0 Å². The molecule has 2 saturated heterocycles. The van der Waals surface area contributed by atoms with Crippen LogP contribution in [0.15, 0.2) is 0 Å². The third-order valence-electron chi connectivity index (χ3n) is 3.11. The van der Waals surface area contributed by atoms with E-state index in [1.54, 1.807) is 0 Å². The van der Waals surface area contributed by atoms with Gasteiger partial charge in [-0.05, 0) is 19.4 Å². The highest BCUT2D eigenvalue weighted by Crippen LogP contribution is 2.27. The third-order valence-corrected chi connectivity index (χ3v) is 3.11. The van der Waals surface area contributed by atoms with Gasteiger partial charge in [0.25, 0.3) is 5.92 Å². The molecule has 2 rings (SSSR count). The van der Waals surface area contributed by atoms with E-state index in [0.717, 1.165) is 13.0 Å². The van der Waals surface area contributed by atoms with E-state index in [0.29, 0.717) is 19.5 Å². The molecule has 2 heterocycles. The fourth-order valence-electron chi connectivity index (χ4n) is 2.28. The van der Waals surface area contributed by atoms with Gasteiger partial charge in [-0.1, -0.05) is 0 Å². The second-order valence-electron chi connectivity index (χ2n) is 4.41. The monoisotopic (exact) mass is 254 g/mol. The molecule has 1 amide bonds. The van der Waals surface area contributed by atoms with Gasteiger partial charge in [0, 0.05) is 19.5 Å². The summed E-state index contributed by atoms with van der Waals surface area (Å²) in [5.74, 6) is -2.86. The molecule has 3 nitrogen and oxygen atoms in total. The van der Waals surface area contributed by atoms with Gasteiger partial charge in [0.05, 0.1) is 12.5 Å². The van der Waals surface area contributed by atoms with Crippen molar-refractivity contribution in [1.29, 1.82) is 0 Å². The van der Waals surface area contributed by atoms with Crippen molar-refractivity contribution >= 4 is 18.3 Å². The number of hydrogen-bond donors (Lipinski definition) is 1. The van der Waals surface area contributed by atoms with Crippen LogP contribution in [0.3, 0.4) is 0 Å². The first-order valence-electron chi connectivity index (χ1n) is 5.46. The lowest BCUT2D eigenvalue weighted by Crippen LogP contribution is -2.48. The lowest BCUT2D eigenvalue weighted by Gasteiger charge is -2.33. The Hall–Kier alpha value is -0.420. The molecule has 2 fully saturated rings. The maximum absolute atomic E-state index is 13.1. The summed E-state index contributed by atoms with van der Waals surface area (Å²) in [5.41, 5.74) is 0. The largest absolute Gasteiger partial charge is 0.336 e. The van der Waals surface area contributed by atoms with Gasteiger partial charge in [0.15, 0.2) is 0 Å². The van der Waals surface area contributed by atoms with Crippen LogP contribution < -0.4 is 5.32 Å². The molecular weight excluding hydrogens is 238 g/mol. The van der Waals surface area contributed by atoms with Crippen molar-refractivity contribution in [3.05, 3.63) is 0 Å². The van der Waals surface area contributed by atoms with E-state index in [9.17, 15) is 13.6 Å². The van der Waals surface area contributed by atoms with Gasteiger partial charge in [-0.3, -0.25) is 4.79 Å². The van der Waals surface area contributed by atoms with Crippen LogP contribution in [0.4, 0.5) is 8.78 Å². The zero-order valence-corrected chi connectivity index (χ0v) is 9.86. The molecule has 0 aliphatic carbocycles. The third kappa shape index (κ3) is 3.04. The average molecular weight is 255 g/mol. The molecule has 0 radical (unpaired) electrons. The average Bonchev–Trinajstić information content (AvgIpc) is 2.67. The molecule has 0 saturated carbocycles. The quantitative estimate of drug-likeness (QED) is 0.765. The summed E-state index contributed by atoms with van der Waals surface area (Å²) in [6, 6.07) is 0. The highest BCUT2D eigenvalue weighted by Gasteiger charge is 2.39. The number of carbonyl (C=O) groups excluding carboxylic acids is 1. The number of halogens is 3. The van der Waals surface area contributed by atoms with Crippen LogP contribution in [0, 0.1) is 5.92 Å². The fraction of sp³-hybridized carbons (Fsp3) is 0.900. The Morgan fingerprint density at radius 2 is 2.19 bits per heavy atom. The molecule has 0 aromatic heterocycles. The molecule has 6 heteroatoms. The first kappa shape index (κ1) is 13.6. The van der Waals surface area contributed by atoms with Gasteiger partial charge in [0.1, 0.15) is 0 Å². The molecule has 1 atom stereocenters. The second-order valence-corrected chi connectivity index (χ2v) is 4.41. The number of likely N-dealkylation sites (tertiary alicyclic amines) is 1. The first-order chi connectivity index (χ1) is 7.08. The topological polar surface area (TPSA) is 32.3 Å². The number of amides is 1. The molecule has 0 unspecified atom stereocenters. The highest BCUT2D eigenvalue weighted by molar-refractivity contribution is 5.85. The Kier molecular flexibility index (Phi) is 4.50. The SMILES string of the molecule is Cl.O=C([C@H]1CCNC1)N1CCCC(F)(F)C1. The molecule has 0 bridgehead atoms. The lowest BCUT2D eigenvalue weighted by atomic mass is 10.0. The zero-order valence-electron chi connectivity index (χ0n) is 9.05. The number of hydrogen-bond acceptors (Lipinski definition) is 2. The fourth-order valence-corrected chi connectivity index (χ4v) is 2.28. The first-order valence-corrected chi connectivity index (χ1v) is 5.46. The normalized spacial score (nSPS) is 28.6. The van der Waals surface area contributed by atoms with Crippen LogP contribution in [0.25, 0.3) is 0 Å². The van der Waals surface area contributed by atoms with E-state index >= 15 is 0 Å². The van der Waals surface area contributed by atoms with Crippen LogP contribution in [0.1, 0.15) is 19.3 Å². The molecule has 0 aromatic carbocycles. The van der Waals surface area contributed by atoms with Crippen molar-refractivity contribution in [3.63, 3.8) is 0 Å². The number of alkyl halides is 2. The predicted molar refractivity (Wildman–Crippen MR) is 59.0 cm³/mol. The Labute approximate surface area is 100.0 Å². The number of nitrogens with one attached hydrogen (secondary N) is 1. The summed E-state index contributed by atoms with van der Waals surface area (Å²) >= 11 is 0. The Morgan fingerprint density at radius 1 is 1.44 bits per heavy atom. The Balaban J connectivity index is 0.00000128.